The van der Waals surface area contributed by atoms with Crippen LogP contribution in [0.1, 0.15) is 31.9 Å². The third kappa shape index (κ3) is 4.34. The number of nitrogens with one attached hydrogen (secondary N) is 2. The van der Waals surface area contributed by atoms with E-state index in [-0.39, 0.29) is 35.3 Å². The van der Waals surface area contributed by atoms with Crippen LogP contribution >= 0.6 is 0 Å². The molecule has 1 saturated heterocycles. The van der Waals surface area contributed by atoms with Crippen LogP contribution in [0, 0.1) is 11.8 Å². The number of anilines is 1. The fraction of sp³-hybridized carbons (Fsp3) is 0.480. The Kier molecular flexibility index (Phi) is 5.93. The van der Waals surface area contributed by atoms with Crippen molar-refractivity contribution in [3.63, 3.8) is 0 Å². The van der Waals surface area contributed by atoms with E-state index < -0.39 is 6.04 Å². The normalized spacial score (nSPS) is 21.4. The number of ether oxygens (including phenoxy) is 2. The Morgan fingerprint density at radius 2 is 1.82 bits per heavy atom. The highest BCUT2D eigenvalue weighted by Crippen LogP contribution is 2.35. The van der Waals surface area contributed by atoms with Crippen LogP contribution in [0.2, 0.25) is 0 Å². The van der Waals surface area contributed by atoms with Crippen molar-refractivity contribution >= 4 is 17.6 Å². The molecule has 3 unspecified atom stereocenters. The molecule has 5 rings (SSSR count). The number of fused-ring (bicyclic) bond motifs is 5. The molecule has 2 N–H and O–H groups in total. The Balaban J connectivity index is 1.26. The van der Waals surface area contributed by atoms with Crippen molar-refractivity contribution in [1.29, 1.82) is 0 Å². The summed E-state index contributed by atoms with van der Waals surface area (Å²) in [5.41, 5.74) is 1.59. The summed E-state index contributed by atoms with van der Waals surface area (Å²) in [5, 5.41) is 5.84. The molecule has 3 aliphatic heterocycles. The molecular weight excluding hydrogens is 436 g/mol. The second-order valence-electron chi connectivity index (χ2n) is 9.62. The molecule has 0 spiro atoms. The van der Waals surface area contributed by atoms with Crippen LogP contribution in [-0.4, -0.2) is 53.8 Å². The van der Waals surface area contributed by atoms with Gasteiger partial charge in [0.25, 0.3) is 5.56 Å². The van der Waals surface area contributed by atoms with Crippen molar-refractivity contribution in [3.8, 4) is 11.5 Å². The van der Waals surface area contributed by atoms with Crippen molar-refractivity contribution in [2.45, 2.75) is 38.8 Å². The third-order valence-electron chi connectivity index (χ3n) is 6.80. The van der Waals surface area contributed by atoms with Crippen LogP contribution in [0.3, 0.4) is 0 Å². The van der Waals surface area contributed by atoms with Gasteiger partial charge in [-0.2, -0.15) is 0 Å². The van der Waals surface area contributed by atoms with Gasteiger partial charge in [-0.1, -0.05) is 19.9 Å². The topological polar surface area (TPSA) is 102 Å². The van der Waals surface area contributed by atoms with Crippen LogP contribution < -0.4 is 25.7 Å². The lowest BCUT2D eigenvalue weighted by Gasteiger charge is -2.43. The van der Waals surface area contributed by atoms with Gasteiger partial charge >= 0.3 is 6.03 Å². The highest BCUT2D eigenvalue weighted by Gasteiger charge is 2.37. The minimum absolute atomic E-state index is 0.0146. The number of carbonyl (C=O) groups excluding carboxylic acids is 2. The van der Waals surface area contributed by atoms with Gasteiger partial charge in [0.1, 0.15) is 19.3 Å². The van der Waals surface area contributed by atoms with Crippen LogP contribution in [0.25, 0.3) is 0 Å². The number of carbonyl (C=O) groups is 2. The van der Waals surface area contributed by atoms with Gasteiger partial charge in [-0.25, -0.2) is 4.79 Å². The number of hydrogen-bond acceptors (Lipinski definition) is 5. The van der Waals surface area contributed by atoms with Gasteiger partial charge in [-0.3, -0.25) is 9.59 Å². The molecule has 1 aromatic carbocycles. The number of rotatable bonds is 4. The maximum atomic E-state index is 13.2. The molecule has 3 amide bonds. The lowest BCUT2D eigenvalue weighted by molar-refractivity contribution is -0.118. The van der Waals surface area contributed by atoms with Gasteiger partial charge in [0, 0.05) is 49.1 Å². The van der Waals surface area contributed by atoms with Gasteiger partial charge < -0.3 is 29.6 Å². The van der Waals surface area contributed by atoms with E-state index in [9.17, 15) is 14.4 Å². The Hall–Kier alpha value is -3.49. The summed E-state index contributed by atoms with van der Waals surface area (Å²) in [7, 11) is 0. The lowest BCUT2D eigenvalue weighted by atomic mass is 9.83. The fourth-order valence-electron chi connectivity index (χ4n) is 5.16. The first-order valence-electron chi connectivity index (χ1n) is 11.8. The number of nitrogens with zero attached hydrogens (tertiary/aromatic N) is 2. The molecule has 1 fully saturated rings. The highest BCUT2D eigenvalue weighted by atomic mass is 16.6. The summed E-state index contributed by atoms with van der Waals surface area (Å²) in [6.07, 6.45) is 0.964. The lowest BCUT2D eigenvalue weighted by Crippen LogP contribution is -2.56. The SMILES string of the molecule is CC(C)C(NC(=O)N1CC2CC(C1)c1cccc(=O)n1C2)C(=O)Nc1ccc2c(c1)OCCO2. The average Bonchev–Trinajstić information content (AvgIpc) is 2.82. The number of benzene rings is 1. The van der Waals surface area contributed by atoms with Gasteiger partial charge in [-0.05, 0) is 36.5 Å². The van der Waals surface area contributed by atoms with E-state index in [1.54, 1.807) is 35.2 Å². The summed E-state index contributed by atoms with van der Waals surface area (Å²) < 4.78 is 13.0. The summed E-state index contributed by atoms with van der Waals surface area (Å²) in [5.74, 6) is 1.20. The Morgan fingerprint density at radius 3 is 2.62 bits per heavy atom. The molecule has 0 saturated carbocycles. The predicted molar refractivity (Wildman–Crippen MR) is 126 cm³/mol. The van der Waals surface area contributed by atoms with E-state index in [0.29, 0.717) is 50.0 Å². The predicted octanol–water partition coefficient (Wildman–Crippen LogP) is 2.41. The number of amides is 3. The standard InChI is InChI=1S/C25H30N4O5/c1-15(2)23(24(31)26-18-6-7-20-21(11-18)34-9-8-33-20)27-25(32)28-12-16-10-17(14-28)19-4-3-5-22(30)29(19)13-16/h3-7,11,15-17,23H,8-10,12-14H2,1-2H3,(H,26,31)(H,27,32). The first-order valence-corrected chi connectivity index (χ1v) is 11.8. The molecule has 9 nitrogen and oxygen atoms in total. The number of aromatic nitrogens is 1. The number of urea groups is 1. The molecule has 3 aliphatic rings. The maximum Gasteiger partial charge on any atom is 0.318 e. The van der Waals surface area contributed by atoms with Crippen molar-refractivity contribution in [1.82, 2.24) is 14.8 Å². The second-order valence-corrected chi connectivity index (χ2v) is 9.62. The van der Waals surface area contributed by atoms with Crippen LogP contribution in [-0.2, 0) is 11.3 Å². The molecule has 0 aliphatic carbocycles. The number of pyridine rings is 1. The van der Waals surface area contributed by atoms with E-state index in [0.717, 1.165) is 12.1 Å². The molecular formula is C25H30N4O5. The van der Waals surface area contributed by atoms with E-state index in [4.69, 9.17) is 9.47 Å². The zero-order valence-electron chi connectivity index (χ0n) is 19.5. The number of hydrogen-bond donors (Lipinski definition) is 2. The van der Waals surface area contributed by atoms with Gasteiger partial charge in [0.2, 0.25) is 5.91 Å². The molecule has 180 valence electrons. The Labute approximate surface area is 198 Å². The molecule has 2 aromatic rings. The highest BCUT2D eigenvalue weighted by molar-refractivity contribution is 5.97. The molecule has 0 radical (unpaired) electrons. The first kappa shape index (κ1) is 22.3. The largest absolute Gasteiger partial charge is 0.486 e. The van der Waals surface area contributed by atoms with E-state index in [1.807, 2.05) is 24.5 Å². The summed E-state index contributed by atoms with van der Waals surface area (Å²) in [4.78, 5) is 40.3. The molecule has 3 atom stereocenters. The molecule has 9 heteroatoms. The number of likely N-dealkylation sites (tertiary alicyclic amines) is 1. The minimum atomic E-state index is -0.697. The molecule has 4 heterocycles. The quantitative estimate of drug-likeness (QED) is 0.721. The smallest absolute Gasteiger partial charge is 0.318 e. The summed E-state index contributed by atoms with van der Waals surface area (Å²) in [6, 6.07) is 9.65. The van der Waals surface area contributed by atoms with Crippen molar-refractivity contribution in [2.24, 2.45) is 11.8 Å². The zero-order valence-corrected chi connectivity index (χ0v) is 19.5. The fourth-order valence-corrected chi connectivity index (χ4v) is 5.16. The second kappa shape index (κ2) is 9.04. The first-order chi connectivity index (χ1) is 16.4. The van der Waals surface area contributed by atoms with E-state index in [1.165, 1.54) is 0 Å². The molecule has 1 aromatic heterocycles. The molecule has 2 bridgehead atoms. The summed E-state index contributed by atoms with van der Waals surface area (Å²) >= 11 is 0. The van der Waals surface area contributed by atoms with E-state index in [2.05, 4.69) is 10.6 Å². The van der Waals surface area contributed by atoms with Crippen molar-refractivity contribution in [3.05, 3.63) is 52.4 Å². The minimum Gasteiger partial charge on any atom is -0.486 e. The monoisotopic (exact) mass is 466 g/mol. The number of piperidine rings is 1. The average molecular weight is 467 g/mol. The van der Waals surface area contributed by atoms with Crippen molar-refractivity contribution in [2.75, 3.05) is 31.6 Å². The third-order valence-corrected chi connectivity index (χ3v) is 6.80. The Morgan fingerprint density at radius 1 is 1.03 bits per heavy atom. The Bertz CT molecular complexity index is 1160. The van der Waals surface area contributed by atoms with Gasteiger partial charge in [-0.15, -0.1) is 0 Å². The zero-order chi connectivity index (χ0) is 23.8. The van der Waals surface area contributed by atoms with Crippen LogP contribution in [0.15, 0.2) is 41.2 Å². The maximum absolute atomic E-state index is 13.2. The van der Waals surface area contributed by atoms with Crippen LogP contribution in [0.5, 0.6) is 11.5 Å². The summed E-state index contributed by atoms with van der Waals surface area (Å²) in [6.45, 7) is 6.49. The van der Waals surface area contributed by atoms with Gasteiger partial charge in [0.15, 0.2) is 11.5 Å². The van der Waals surface area contributed by atoms with Crippen LogP contribution in [0.4, 0.5) is 10.5 Å². The van der Waals surface area contributed by atoms with Crippen molar-refractivity contribution < 1.29 is 19.1 Å². The molecule has 34 heavy (non-hydrogen) atoms. The van der Waals surface area contributed by atoms with Gasteiger partial charge in [0.05, 0.1) is 0 Å². The van der Waals surface area contributed by atoms with E-state index >= 15 is 0 Å².